The van der Waals surface area contributed by atoms with Gasteiger partial charge in [-0.3, -0.25) is 9.59 Å². The van der Waals surface area contributed by atoms with Gasteiger partial charge in [0.15, 0.2) is 11.5 Å². The van der Waals surface area contributed by atoms with E-state index < -0.39 is 0 Å². The number of hydrogen-bond donors (Lipinski definition) is 1. The number of thioether (sulfide) groups is 1. The van der Waals surface area contributed by atoms with Crippen LogP contribution < -0.4 is 14.8 Å². The lowest BCUT2D eigenvalue weighted by molar-refractivity contribution is -0.116. The average molecular weight is 525 g/mol. The third-order valence-corrected chi connectivity index (χ3v) is 7.19. The zero-order chi connectivity index (χ0) is 26.2. The smallest absolute Gasteiger partial charge is 0.302 e. The van der Waals surface area contributed by atoms with E-state index in [9.17, 15) is 9.59 Å². The van der Waals surface area contributed by atoms with Crippen molar-refractivity contribution in [2.45, 2.75) is 52.2 Å². The summed E-state index contributed by atoms with van der Waals surface area (Å²) in [7, 11) is 1.61. The minimum Gasteiger partial charge on any atom is -0.493 e. The third kappa shape index (κ3) is 7.72. The summed E-state index contributed by atoms with van der Waals surface area (Å²) < 4.78 is 11.3. The van der Waals surface area contributed by atoms with E-state index in [1.165, 1.54) is 36.0 Å². The van der Waals surface area contributed by atoms with Crippen LogP contribution in [-0.4, -0.2) is 65.4 Å². The molecular weight excluding hydrogens is 488 g/mol. The lowest BCUT2D eigenvalue weighted by Crippen LogP contribution is -2.32. The van der Waals surface area contributed by atoms with E-state index in [2.05, 4.69) is 15.3 Å². The topological polar surface area (TPSA) is 83.5 Å². The number of carbonyl (C=O) groups is 2. The maximum absolute atomic E-state index is 12.6. The quantitative estimate of drug-likeness (QED) is 0.450. The van der Waals surface area contributed by atoms with Crippen molar-refractivity contribution in [1.82, 2.24) is 9.91 Å². The maximum Gasteiger partial charge on any atom is 0.302 e. The van der Waals surface area contributed by atoms with Crippen molar-refractivity contribution in [2.24, 2.45) is 5.10 Å². The second-order valence-electron chi connectivity index (χ2n) is 9.59. The van der Waals surface area contributed by atoms with Crippen LogP contribution in [0, 0.1) is 0 Å². The monoisotopic (exact) mass is 524 g/mol. The van der Waals surface area contributed by atoms with Gasteiger partial charge >= 0.3 is 5.24 Å². The highest BCUT2D eigenvalue weighted by Gasteiger charge is 2.23. The van der Waals surface area contributed by atoms with Crippen LogP contribution in [-0.2, 0) is 11.3 Å². The Balaban J connectivity index is 1.37. The standard InChI is InChI=1S/C28H36N4O4S/c1-20(2)36-26-17-22(9-12-25(26)35-3)24-19-37-28(34)32(30-24)18-21-7-10-23(11-8-21)29-27(33)13-16-31-14-5-4-6-15-31/h7-12,17,20H,4-6,13-16,18-19H2,1-3H3,(H,29,33). The summed E-state index contributed by atoms with van der Waals surface area (Å²) in [6, 6.07) is 13.3. The largest absolute Gasteiger partial charge is 0.493 e. The van der Waals surface area contributed by atoms with Gasteiger partial charge in [0.05, 0.1) is 25.5 Å². The molecule has 1 N–H and O–H groups in total. The van der Waals surface area contributed by atoms with Gasteiger partial charge in [-0.2, -0.15) is 5.10 Å². The number of carbonyl (C=O) groups excluding carboxylic acids is 2. The summed E-state index contributed by atoms with van der Waals surface area (Å²) in [5.41, 5.74) is 3.39. The lowest BCUT2D eigenvalue weighted by Gasteiger charge is -2.26. The Morgan fingerprint density at radius 1 is 1.08 bits per heavy atom. The molecule has 9 heteroatoms. The van der Waals surface area contributed by atoms with Crippen LogP contribution in [0.4, 0.5) is 10.5 Å². The Kier molecular flexibility index (Phi) is 9.46. The van der Waals surface area contributed by atoms with Gasteiger partial charge in [0.1, 0.15) is 0 Å². The van der Waals surface area contributed by atoms with Gasteiger partial charge in [-0.1, -0.05) is 30.3 Å². The zero-order valence-corrected chi connectivity index (χ0v) is 22.7. The van der Waals surface area contributed by atoms with Gasteiger partial charge in [-0.15, -0.1) is 0 Å². The Morgan fingerprint density at radius 2 is 1.84 bits per heavy atom. The molecule has 0 saturated carbocycles. The van der Waals surface area contributed by atoms with Gasteiger partial charge in [0.2, 0.25) is 5.91 Å². The minimum absolute atomic E-state index is 0.00678. The van der Waals surface area contributed by atoms with Crippen LogP contribution in [0.1, 0.15) is 50.7 Å². The van der Waals surface area contributed by atoms with E-state index in [1.807, 2.05) is 56.3 Å². The van der Waals surface area contributed by atoms with Crippen molar-refractivity contribution in [3.05, 3.63) is 53.6 Å². The number of hydrazone groups is 1. The molecule has 0 unspecified atom stereocenters. The highest BCUT2D eigenvalue weighted by atomic mass is 32.2. The molecule has 1 saturated heterocycles. The van der Waals surface area contributed by atoms with Crippen molar-refractivity contribution in [3.8, 4) is 11.5 Å². The molecule has 0 aliphatic carbocycles. The predicted octanol–water partition coefficient (Wildman–Crippen LogP) is 5.37. The van der Waals surface area contributed by atoms with Gasteiger partial charge < -0.3 is 19.7 Å². The fourth-order valence-corrected chi connectivity index (χ4v) is 5.13. The van der Waals surface area contributed by atoms with Crippen LogP contribution in [0.2, 0.25) is 0 Å². The Morgan fingerprint density at radius 3 is 2.54 bits per heavy atom. The molecule has 2 amide bonds. The highest BCUT2D eigenvalue weighted by molar-refractivity contribution is 8.14. The average Bonchev–Trinajstić information content (AvgIpc) is 2.90. The number of ether oxygens (including phenoxy) is 2. The number of nitrogens with zero attached hydrogens (tertiary/aromatic N) is 3. The minimum atomic E-state index is -0.0917. The first-order chi connectivity index (χ1) is 17.9. The van der Waals surface area contributed by atoms with Crippen molar-refractivity contribution in [3.63, 3.8) is 0 Å². The van der Waals surface area contributed by atoms with E-state index in [4.69, 9.17) is 9.47 Å². The maximum atomic E-state index is 12.6. The van der Waals surface area contributed by atoms with Gasteiger partial charge in [0, 0.05) is 30.0 Å². The summed E-state index contributed by atoms with van der Waals surface area (Å²) in [6.45, 7) is 7.26. The fourth-order valence-electron chi connectivity index (χ4n) is 4.40. The number of rotatable bonds is 10. The molecular formula is C28H36N4O4S. The Labute approximate surface area is 223 Å². The van der Waals surface area contributed by atoms with Crippen LogP contribution in [0.3, 0.4) is 0 Å². The molecule has 1 fully saturated rings. The number of anilines is 1. The van der Waals surface area contributed by atoms with Crippen molar-refractivity contribution >= 4 is 34.3 Å². The van der Waals surface area contributed by atoms with Crippen LogP contribution in [0.15, 0.2) is 47.6 Å². The lowest BCUT2D eigenvalue weighted by atomic mass is 10.1. The van der Waals surface area contributed by atoms with Crippen LogP contribution in [0.25, 0.3) is 0 Å². The van der Waals surface area contributed by atoms with Crippen molar-refractivity contribution in [2.75, 3.05) is 37.8 Å². The molecule has 0 bridgehead atoms. The number of hydrogen-bond acceptors (Lipinski definition) is 7. The summed E-state index contributed by atoms with van der Waals surface area (Å²) >= 11 is 1.23. The normalized spacial score (nSPS) is 16.5. The van der Waals surface area contributed by atoms with Crippen LogP contribution >= 0.6 is 11.8 Å². The second kappa shape index (κ2) is 13.0. The van der Waals surface area contributed by atoms with Gasteiger partial charge in [0.25, 0.3) is 0 Å². The fraction of sp³-hybridized carbons (Fsp3) is 0.464. The first-order valence-electron chi connectivity index (χ1n) is 12.9. The van der Waals surface area contributed by atoms with Gasteiger partial charge in [-0.25, -0.2) is 5.01 Å². The molecule has 8 nitrogen and oxygen atoms in total. The Bertz CT molecular complexity index is 1110. The number of likely N-dealkylation sites (tertiary alicyclic amines) is 1. The first-order valence-corrected chi connectivity index (χ1v) is 13.9. The summed E-state index contributed by atoms with van der Waals surface area (Å²) in [5.74, 6) is 1.83. The van der Waals surface area contributed by atoms with E-state index in [1.54, 1.807) is 7.11 Å². The molecule has 0 atom stereocenters. The molecule has 198 valence electrons. The van der Waals surface area contributed by atoms with Crippen molar-refractivity contribution < 1.29 is 19.1 Å². The number of methoxy groups -OCH3 is 1. The molecule has 2 heterocycles. The first kappa shape index (κ1) is 27.0. The van der Waals surface area contributed by atoms with Crippen LogP contribution in [0.5, 0.6) is 11.5 Å². The third-order valence-electron chi connectivity index (χ3n) is 6.32. The molecule has 0 aromatic heterocycles. The number of benzene rings is 2. The second-order valence-corrected chi connectivity index (χ2v) is 10.5. The van der Waals surface area contributed by atoms with E-state index >= 15 is 0 Å². The van der Waals surface area contributed by atoms with E-state index in [0.717, 1.165) is 42.2 Å². The predicted molar refractivity (Wildman–Crippen MR) is 149 cm³/mol. The Hall–Kier alpha value is -3.04. The number of amides is 2. The molecule has 2 aliphatic heterocycles. The molecule has 4 rings (SSSR count). The summed E-state index contributed by atoms with van der Waals surface area (Å²) in [6.07, 6.45) is 4.24. The number of nitrogens with one attached hydrogen (secondary N) is 1. The summed E-state index contributed by atoms with van der Waals surface area (Å²) in [5, 5.41) is 9.03. The van der Waals surface area contributed by atoms with E-state index in [0.29, 0.717) is 30.2 Å². The molecule has 0 radical (unpaired) electrons. The number of piperidine rings is 1. The molecule has 2 aliphatic rings. The molecule has 37 heavy (non-hydrogen) atoms. The SMILES string of the molecule is COc1ccc(C2=NN(Cc3ccc(NC(=O)CCN4CCCCC4)cc3)C(=O)SC2)cc1OC(C)C. The molecule has 2 aromatic carbocycles. The molecule has 0 spiro atoms. The summed E-state index contributed by atoms with van der Waals surface area (Å²) in [4.78, 5) is 27.3. The highest BCUT2D eigenvalue weighted by Crippen LogP contribution is 2.31. The van der Waals surface area contributed by atoms with Gasteiger partial charge in [-0.05, 0) is 75.7 Å². The zero-order valence-electron chi connectivity index (χ0n) is 21.9. The van der Waals surface area contributed by atoms with Crippen molar-refractivity contribution in [1.29, 1.82) is 0 Å². The molecule has 2 aromatic rings. The van der Waals surface area contributed by atoms with E-state index in [-0.39, 0.29) is 17.3 Å².